The highest BCUT2D eigenvalue weighted by atomic mass is 35.5. The SMILES string of the molecule is Cc1cncc(C(=O)c2cc(Cl)ccc2NS(=O)(=O)c2ccc(OC(C)C)cc2)c1. The van der Waals surface area contributed by atoms with E-state index >= 15 is 0 Å². The van der Waals surface area contributed by atoms with E-state index in [0.29, 0.717) is 16.3 Å². The number of nitrogens with one attached hydrogen (secondary N) is 1. The van der Waals surface area contributed by atoms with Crippen molar-refractivity contribution >= 4 is 33.1 Å². The van der Waals surface area contributed by atoms with Crippen molar-refractivity contribution in [3.63, 3.8) is 0 Å². The number of aromatic nitrogens is 1. The number of sulfonamides is 1. The molecule has 0 aliphatic rings. The number of hydrogen-bond donors (Lipinski definition) is 1. The van der Waals surface area contributed by atoms with Crippen LogP contribution in [0, 0.1) is 6.92 Å². The summed E-state index contributed by atoms with van der Waals surface area (Å²) < 4.78 is 33.8. The summed E-state index contributed by atoms with van der Waals surface area (Å²) in [5.74, 6) is 0.185. The topological polar surface area (TPSA) is 85.4 Å². The number of anilines is 1. The van der Waals surface area contributed by atoms with Crippen molar-refractivity contribution in [3.8, 4) is 5.75 Å². The molecule has 0 aliphatic heterocycles. The lowest BCUT2D eigenvalue weighted by Gasteiger charge is -2.14. The van der Waals surface area contributed by atoms with Crippen LogP contribution in [-0.2, 0) is 10.0 Å². The van der Waals surface area contributed by atoms with E-state index in [-0.39, 0.29) is 28.0 Å². The molecule has 0 radical (unpaired) electrons. The lowest BCUT2D eigenvalue weighted by atomic mass is 10.0. The molecule has 0 aliphatic carbocycles. The first-order valence-electron chi connectivity index (χ1n) is 9.21. The van der Waals surface area contributed by atoms with E-state index in [1.165, 1.54) is 36.5 Å². The zero-order chi connectivity index (χ0) is 21.9. The summed E-state index contributed by atoms with van der Waals surface area (Å²) in [7, 11) is -3.93. The molecule has 3 aromatic rings. The first-order valence-corrected chi connectivity index (χ1v) is 11.1. The number of rotatable bonds is 7. The fraction of sp³-hybridized carbons (Fsp3) is 0.182. The smallest absolute Gasteiger partial charge is 0.261 e. The van der Waals surface area contributed by atoms with Crippen molar-refractivity contribution in [2.75, 3.05) is 4.72 Å². The Morgan fingerprint density at radius 3 is 2.40 bits per heavy atom. The molecule has 8 heteroatoms. The van der Waals surface area contributed by atoms with Gasteiger partial charge in [-0.15, -0.1) is 0 Å². The number of aryl methyl sites for hydroxylation is 1. The third-order valence-corrected chi connectivity index (χ3v) is 5.73. The average molecular weight is 445 g/mol. The normalized spacial score (nSPS) is 11.4. The molecular formula is C22H21ClN2O4S. The Kier molecular flexibility index (Phi) is 6.43. The number of carbonyl (C=O) groups is 1. The monoisotopic (exact) mass is 444 g/mol. The van der Waals surface area contributed by atoms with Gasteiger partial charge >= 0.3 is 0 Å². The van der Waals surface area contributed by atoms with Gasteiger partial charge in [0, 0.05) is 28.5 Å². The van der Waals surface area contributed by atoms with E-state index in [0.717, 1.165) is 5.56 Å². The van der Waals surface area contributed by atoms with Gasteiger partial charge in [0.15, 0.2) is 5.78 Å². The van der Waals surface area contributed by atoms with Crippen LogP contribution >= 0.6 is 11.6 Å². The molecular weight excluding hydrogens is 424 g/mol. The summed E-state index contributed by atoms with van der Waals surface area (Å²) in [5.41, 5.74) is 1.42. The summed E-state index contributed by atoms with van der Waals surface area (Å²) in [6.45, 7) is 5.59. The second kappa shape index (κ2) is 8.85. The zero-order valence-electron chi connectivity index (χ0n) is 16.7. The van der Waals surface area contributed by atoms with Gasteiger partial charge < -0.3 is 4.74 Å². The minimum Gasteiger partial charge on any atom is -0.491 e. The highest BCUT2D eigenvalue weighted by molar-refractivity contribution is 7.92. The standard InChI is InChI=1S/C22H21ClN2O4S/c1-14(2)29-18-5-7-19(8-6-18)30(27,28)25-21-9-4-17(23)11-20(21)22(26)16-10-15(3)12-24-13-16/h4-14,25H,1-3H3. The van der Waals surface area contributed by atoms with Gasteiger partial charge in [-0.1, -0.05) is 11.6 Å². The van der Waals surface area contributed by atoms with Gasteiger partial charge in [0.25, 0.3) is 10.0 Å². The fourth-order valence-corrected chi connectivity index (χ4v) is 4.05. The molecule has 0 saturated heterocycles. The summed E-state index contributed by atoms with van der Waals surface area (Å²) in [5, 5.41) is 0.317. The number of hydrogen-bond acceptors (Lipinski definition) is 5. The predicted molar refractivity (Wildman–Crippen MR) is 117 cm³/mol. The Hall–Kier alpha value is -2.90. The van der Waals surface area contributed by atoms with Crippen molar-refractivity contribution < 1.29 is 17.9 Å². The van der Waals surface area contributed by atoms with Crippen LogP contribution in [0.3, 0.4) is 0 Å². The summed E-state index contributed by atoms with van der Waals surface area (Å²) in [4.78, 5) is 17.1. The van der Waals surface area contributed by atoms with Crippen LogP contribution in [0.1, 0.15) is 35.3 Å². The van der Waals surface area contributed by atoms with Gasteiger partial charge in [-0.2, -0.15) is 0 Å². The third-order valence-electron chi connectivity index (χ3n) is 4.11. The van der Waals surface area contributed by atoms with Gasteiger partial charge in [0.05, 0.1) is 16.7 Å². The number of ether oxygens (including phenoxy) is 1. The maximum atomic E-state index is 13.0. The van der Waals surface area contributed by atoms with Gasteiger partial charge in [0.2, 0.25) is 0 Å². The Morgan fingerprint density at radius 1 is 1.07 bits per heavy atom. The van der Waals surface area contributed by atoms with Crippen LogP contribution in [-0.4, -0.2) is 25.3 Å². The molecule has 6 nitrogen and oxygen atoms in total. The number of ketones is 1. The quantitative estimate of drug-likeness (QED) is 0.526. The Labute approximate surface area is 180 Å². The molecule has 30 heavy (non-hydrogen) atoms. The molecule has 0 atom stereocenters. The van der Waals surface area contributed by atoms with Crippen LogP contribution in [0.25, 0.3) is 0 Å². The predicted octanol–water partition coefficient (Wildman–Crippen LogP) is 4.86. The lowest BCUT2D eigenvalue weighted by molar-refractivity contribution is 0.103. The van der Waals surface area contributed by atoms with Gasteiger partial charge in [-0.05, 0) is 74.9 Å². The maximum Gasteiger partial charge on any atom is 0.261 e. The number of halogens is 1. The molecule has 3 rings (SSSR count). The van der Waals surface area contributed by atoms with Crippen molar-refractivity contribution in [1.82, 2.24) is 4.98 Å². The Balaban J connectivity index is 1.93. The molecule has 156 valence electrons. The molecule has 0 bridgehead atoms. The minimum absolute atomic E-state index is 0.0238. The van der Waals surface area contributed by atoms with E-state index < -0.39 is 10.0 Å². The largest absolute Gasteiger partial charge is 0.491 e. The van der Waals surface area contributed by atoms with Gasteiger partial charge in [-0.25, -0.2) is 8.42 Å². The fourth-order valence-electron chi connectivity index (χ4n) is 2.80. The average Bonchev–Trinajstić information content (AvgIpc) is 2.68. The van der Waals surface area contributed by atoms with E-state index in [4.69, 9.17) is 16.3 Å². The molecule has 0 spiro atoms. The Morgan fingerprint density at radius 2 is 1.77 bits per heavy atom. The third kappa shape index (κ3) is 5.17. The molecule has 1 aromatic heterocycles. The second-order valence-corrected chi connectivity index (χ2v) is 9.13. The van der Waals surface area contributed by atoms with Crippen LogP contribution in [0.15, 0.2) is 65.8 Å². The number of carbonyl (C=O) groups excluding carboxylic acids is 1. The van der Waals surface area contributed by atoms with Crippen molar-refractivity contribution in [3.05, 3.63) is 82.6 Å². The van der Waals surface area contributed by atoms with Crippen molar-refractivity contribution in [2.24, 2.45) is 0 Å². The summed E-state index contributed by atoms with van der Waals surface area (Å²) in [6, 6.07) is 12.2. The van der Waals surface area contributed by atoms with Gasteiger partial charge in [0.1, 0.15) is 5.75 Å². The van der Waals surface area contributed by atoms with Crippen LogP contribution < -0.4 is 9.46 Å². The van der Waals surface area contributed by atoms with Crippen molar-refractivity contribution in [2.45, 2.75) is 31.8 Å². The molecule has 0 unspecified atom stereocenters. The maximum absolute atomic E-state index is 13.0. The minimum atomic E-state index is -3.93. The molecule has 2 aromatic carbocycles. The van der Waals surface area contributed by atoms with Gasteiger partial charge in [-0.3, -0.25) is 14.5 Å². The molecule has 0 fully saturated rings. The number of pyridine rings is 1. The molecule has 0 saturated carbocycles. The molecule has 0 amide bonds. The van der Waals surface area contributed by atoms with E-state index in [9.17, 15) is 13.2 Å². The zero-order valence-corrected chi connectivity index (χ0v) is 18.3. The van der Waals surface area contributed by atoms with E-state index in [1.807, 2.05) is 20.8 Å². The highest BCUT2D eigenvalue weighted by Gasteiger charge is 2.20. The highest BCUT2D eigenvalue weighted by Crippen LogP contribution is 2.27. The van der Waals surface area contributed by atoms with E-state index in [1.54, 1.807) is 24.4 Å². The van der Waals surface area contributed by atoms with Crippen LogP contribution in [0.2, 0.25) is 5.02 Å². The number of benzene rings is 2. The summed E-state index contributed by atoms with van der Waals surface area (Å²) in [6.07, 6.45) is 3.04. The lowest BCUT2D eigenvalue weighted by Crippen LogP contribution is -2.16. The van der Waals surface area contributed by atoms with Crippen LogP contribution in [0.4, 0.5) is 5.69 Å². The van der Waals surface area contributed by atoms with Crippen molar-refractivity contribution in [1.29, 1.82) is 0 Å². The van der Waals surface area contributed by atoms with E-state index in [2.05, 4.69) is 9.71 Å². The summed E-state index contributed by atoms with van der Waals surface area (Å²) >= 11 is 6.07. The first kappa shape index (κ1) is 21.8. The van der Waals surface area contributed by atoms with Crippen LogP contribution in [0.5, 0.6) is 5.75 Å². The first-order chi connectivity index (χ1) is 14.2. The molecule has 1 N–H and O–H groups in total. The Bertz CT molecular complexity index is 1180. The second-order valence-electron chi connectivity index (χ2n) is 7.01. The number of nitrogens with zero attached hydrogens (tertiary/aromatic N) is 1. The molecule has 1 heterocycles.